The number of hydrogen-bond donors (Lipinski definition) is 0. The number of aromatic nitrogens is 4. The molecule has 0 saturated heterocycles. The molecule has 0 aliphatic rings. The summed E-state index contributed by atoms with van der Waals surface area (Å²) in [5.41, 5.74) is 14.0. The minimum Gasteiger partial charge on any atom is -0.509 e. The summed E-state index contributed by atoms with van der Waals surface area (Å²) in [5, 5.41) is 7.52. The fourth-order valence-corrected chi connectivity index (χ4v) is 7.79. The maximum atomic E-state index is 6.73. The molecule has 3 aromatic heterocycles. The van der Waals surface area contributed by atoms with Crippen LogP contribution in [-0.4, -0.2) is 19.3 Å². The molecular formula is C48H52N4OPt. The normalized spacial score (nSPS) is 11.6. The fraction of sp³-hybridized carbons (Fsp3) is 0.333. The molecule has 0 fully saturated rings. The standard InChI is InChI=1S/C48H52N4O.Pt/c1-10-11-14-36-21-22-49-46(25-36)51-43-16-13-12-15-41(43)42-19-18-39(29-45(42)51)53-40-27-37(31(4)5)26-38(28-40)52-44(20-17-30(2)3)48(35(9)50-52)47-33(7)23-32(6)24-34(47)8;/h12-13,15-16,18-19,21-27,30-31H,10-11,14,17,20H2,1-9H3;/q-2;+2. The molecule has 0 aliphatic heterocycles. The Balaban J connectivity index is 0.00000497. The molecule has 6 heteroatoms. The van der Waals surface area contributed by atoms with E-state index in [1.54, 1.807) is 0 Å². The Kier molecular flexibility index (Phi) is 12.0. The Morgan fingerprint density at radius 1 is 0.778 bits per heavy atom. The summed E-state index contributed by atoms with van der Waals surface area (Å²) in [6, 6.07) is 33.2. The predicted octanol–water partition coefficient (Wildman–Crippen LogP) is 12.7. The Labute approximate surface area is 336 Å². The molecule has 7 aromatic rings. The van der Waals surface area contributed by atoms with Gasteiger partial charge in [-0.2, -0.15) is 11.2 Å². The smallest absolute Gasteiger partial charge is 0.509 e. The Hall–Kier alpha value is -4.47. The number of aryl methyl sites for hydroxylation is 5. The number of para-hydroxylation sites is 1. The van der Waals surface area contributed by atoms with Gasteiger partial charge in [-0.15, -0.1) is 41.3 Å². The van der Waals surface area contributed by atoms with Crippen LogP contribution in [-0.2, 0) is 33.9 Å². The first kappa shape index (κ1) is 39.2. The molecule has 0 bridgehead atoms. The van der Waals surface area contributed by atoms with E-state index in [0.717, 1.165) is 65.7 Å². The second kappa shape index (κ2) is 16.5. The molecule has 0 spiro atoms. The van der Waals surface area contributed by atoms with Crippen molar-refractivity contribution in [2.75, 3.05) is 0 Å². The number of nitrogens with zero attached hydrogens (tertiary/aromatic N) is 4. The summed E-state index contributed by atoms with van der Waals surface area (Å²) in [4.78, 5) is 4.85. The third kappa shape index (κ3) is 7.84. The van der Waals surface area contributed by atoms with Crippen LogP contribution in [0.2, 0.25) is 0 Å². The van der Waals surface area contributed by atoms with E-state index in [1.807, 2.05) is 12.3 Å². The molecule has 0 N–H and O–H groups in total. The van der Waals surface area contributed by atoms with Gasteiger partial charge in [0.1, 0.15) is 5.82 Å². The van der Waals surface area contributed by atoms with Crippen molar-refractivity contribution in [3.8, 4) is 34.1 Å². The van der Waals surface area contributed by atoms with Crippen molar-refractivity contribution in [3.05, 3.63) is 130 Å². The molecule has 4 aromatic carbocycles. The van der Waals surface area contributed by atoms with Gasteiger partial charge in [-0.1, -0.05) is 82.5 Å². The van der Waals surface area contributed by atoms with E-state index < -0.39 is 0 Å². The number of fused-ring (bicyclic) bond motifs is 3. The summed E-state index contributed by atoms with van der Waals surface area (Å²) in [6.45, 7) is 20.0. The van der Waals surface area contributed by atoms with E-state index in [9.17, 15) is 0 Å². The average Bonchev–Trinajstić information content (AvgIpc) is 3.63. The number of benzene rings is 4. The molecule has 7 rings (SSSR count). The zero-order valence-corrected chi connectivity index (χ0v) is 35.5. The van der Waals surface area contributed by atoms with Crippen LogP contribution >= 0.6 is 0 Å². The van der Waals surface area contributed by atoms with E-state index in [4.69, 9.17) is 14.8 Å². The van der Waals surface area contributed by atoms with Crippen molar-refractivity contribution in [2.24, 2.45) is 5.92 Å². The minimum atomic E-state index is 0. The first-order chi connectivity index (χ1) is 25.5. The molecule has 0 aliphatic carbocycles. The summed E-state index contributed by atoms with van der Waals surface area (Å²) in [5.74, 6) is 3.02. The maximum absolute atomic E-state index is 6.73. The van der Waals surface area contributed by atoms with E-state index in [2.05, 4.69) is 150 Å². The number of pyridine rings is 1. The third-order valence-corrected chi connectivity index (χ3v) is 10.4. The number of ether oxygens (including phenoxy) is 1. The van der Waals surface area contributed by atoms with Gasteiger partial charge >= 0.3 is 21.1 Å². The fourth-order valence-electron chi connectivity index (χ4n) is 7.79. The molecular weight excluding hydrogens is 844 g/mol. The van der Waals surface area contributed by atoms with Crippen LogP contribution in [0.15, 0.2) is 79.0 Å². The van der Waals surface area contributed by atoms with Crippen molar-refractivity contribution in [2.45, 2.75) is 100 Å². The van der Waals surface area contributed by atoms with Crippen molar-refractivity contribution in [3.63, 3.8) is 0 Å². The number of hydrogen-bond acceptors (Lipinski definition) is 3. The number of rotatable bonds is 12. The van der Waals surface area contributed by atoms with Crippen LogP contribution < -0.4 is 4.74 Å². The Morgan fingerprint density at radius 2 is 1.54 bits per heavy atom. The predicted molar refractivity (Wildman–Crippen MR) is 220 cm³/mol. The topological polar surface area (TPSA) is 44.9 Å². The molecule has 0 saturated carbocycles. The van der Waals surface area contributed by atoms with Gasteiger partial charge in [0.15, 0.2) is 0 Å². The summed E-state index contributed by atoms with van der Waals surface area (Å²) in [6.07, 6.45) is 7.25. The van der Waals surface area contributed by atoms with Gasteiger partial charge in [-0.3, -0.25) is 4.68 Å². The van der Waals surface area contributed by atoms with Crippen molar-refractivity contribution < 1.29 is 25.8 Å². The van der Waals surface area contributed by atoms with Gasteiger partial charge < -0.3 is 9.30 Å². The SMILES string of the molecule is CCCCc1ccnc(-n2c3[c-]c(Oc4[c-]c(-n5nc(C)c(-c6c(C)cc(C)cc6C)c5CCC(C)C)cc(C(C)C)c4)ccc3c3ccccc32)c1.[Pt+2]. The molecule has 0 unspecified atom stereocenters. The summed E-state index contributed by atoms with van der Waals surface area (Å²) in [7, 11) is 0. The van der Waals surface area contributed by atoms with E-state index in [0.29, 0.717) is 17.4 Å². The number of unbranched alkanes of at least 4 members (excludes halogenated alkanes) is 1. The van der Waals surface area contributed by atoms with E-state index in [1.165, 1.54) is 50.0 Å². The third-order valence-electron chi connectivity index (χ3n) is 10.4. The van der Waals surface area contributed by atoms with E-state index >= 15 is 0 Å². The molecule has 54 heavy (non-hydrogen) atoms. The summed E-state index contributed by atoms with van der Waals surface area (Å²) < 4.78 is 11.1. The Morgan fingerprint density at radius 3 is 2.26 bits per heavy atom. The molecule has 5 nitrogen and oxygen atoms in total. The summed E-state index contributed by atoms with van der Waals surface area (Å²) >= 11 is 0. The first-order valence-electron chi connectivity index (χ1n) is 19.3. The van der Waals surface area contributed by atoms with Gasteiger partial charge in [-0.05, 0) is 117 Å². The van der Waals surface area contributed by atoms with Crippen LogP contribution in [0.4, 0.5) is 0 Å². The van der Waals surface area contributed by atoms with Gasteiger partial charge in [0.25, 0.3) is 0 Å². The van der Waals surface area contributed by atoms with Crippen molar-refractivity contribution in [1.29, 1.82) is 0 Å². The van der Waals surface area contributed by atoms with Crippen LogP contribution in [0.1, 0.15) is 99.0 Å². The van der Waals surface area contributed by atoms with Gasteiger partial charge in [0.05, 0.1) is 5.69 Å². The quantitative estimate of drug-likeness (QED) is 0.115. The van der Waals surface area contributed by atoms with Crippen LogP contribution in [0.5, 0.6) is 11.5 Å². The van der Waals surface area contributed by atoms with Gasteiger partial charge in [-0.25, -0.2) is 4.98 Å². The second-order valence-corrected chi connectivity index (χ2v) is 15.5. The zero-order valence-electron chi connectivity index (χ0n) is 33.2. The van der Waals surface area contributed by atoms with Crippen LogP contribution in [0, 0.1) is 45.7 Å². The molecule has 0 amide bonds. The average molecular weight is 896 g/mol. The van der Waals surface area contributed by atoms with Gasteiger partial charge in [0.2, 0.25) is 0 Å². The van der Waals surface area contributed by atoms with Crippen LogP contribution in [0.3, 0.4) is 0 Å². The van der Waals surface area contributed by atoms with Crippen molar-refractivity contribution in [1.82, 2.24) is 19.3 Å². The zero-order chi connectivity index (χ0) is 37.4. The molecule has 0 atom stereocenters. The van der Waals surface area contributed by atoms with Crippen molar-refractivity contribution >= 4 is 21.8 Å². The first-order valence-corrected chi connectivity index (χ1v) is 19.3. The molecule has 0 radical (unpaired) electrons. The second-order valence-electron chi connectivity index (χ2n) is 15.5. The maximum Gasteiger partial charge on any atom is 2.00 e. The van der Waals surface area contributed by atoms with Gasteiger partial charge in [0, 0.05) is 34.5 Å². The Bertz CT molecular complexity index is 2410. The molecule has 3 heterocycles. The van der Waals surface area contributed by atoms with E-state index in [-0.39, 0.29) is 27.0 Å². The largest absolute Gasteiger partial charge is 2.00 e. The minimum absolute atomic E-state index is 0. The monoisotopic (exact) mass is 895 g/mol. The van der Waals surface area contributed by atoms with Crippen LogP contribution in [0.25, 0.3) is 44.4 Å². The molecule has 280 valence electrons.